The van der Waals surface area contributed by atoms with Gasteiger partial charge >= 0.3 is 5.97 Å². The van der Waals surface area contributed by atoms with Gasteiger partial charge in [-0.2, -0.15) is 5.10 Å². The number of benzene rings is 1. The van der Waals surface area contributed by atoms with E-state index in [1.165, 1.54) is 14.0 Å². The van der Waals surface area contributed by atoms with Crippen LogP contribution in [0.5, 0.6) is 5.88 Å². The summed E-state index contributed by atoms with van der Waals surface area (Å²) in [7, 11) is 1.52. The monoisotopic (exact) mass is 352 g/mol. The summed E-state index contributed by atoms with van der Waals surface area (Å²) in [4.78, 5) is 15.4. The predicted octanol–water partition coefficient (Wildman–Crippen LogP) is 2.90. The smallest absolute Gasteiger partial charge is 0.302 e. The van der Waals surface area contributed by atoms with Crippen LogP contribution in [-0.2, 0) is 16.1 Å². The van der Waals surface area contributed by atoms with Crippen molar-refractivity contribution in [1.29, 1.82) is 0 Å². The van der Waals surface area contributed by atoms with Crippen molar-refractivity contribution in [2.45, 2.75) is 20.5 Å². The van der Waals surface area contributed by atoms with Crippen LogP contribution in [0.4, 0.5) is 5.82 Å². The van der Waals surface area contributed by atoms with Gasteiger partial charge in [0.05, 0.1) is 24.1 Å². The highest BCUT2D eigenvalue weighted by atomic mass is 16.5. The number of nitrogen functional groups attached to an aromatic ring is 1. The number of rotatable bonds is 5. The molecule has 0 aliphatic rings. The van der Waals surface area contributed by atoms with Gasteiger partial charge in [-0.25, -0.2) is 9.67 Å². The average Bonchev–Trinajstić information content (AvgIpc) is 2.95. The minimum Gasteiger partial charge on any atom is -0.481 e. The molecule has 0 spiro atoms. The van der Waals surface area contributed by atoms with E-state index in [0.717, 1.165) is 16.8 Å². The van der Waals surface area contributed by atoms with Crippen LogP contribution in [-0.4, -0.2) is 27.8 Å². The Morgan fingerprint density at radius 1 is 1.27 bits per heavy atom. The third-order valence-corrected chi connectivity index (χ3v) is 3.99. The number of anilines is 1. The van der Waals surface area contributed by atoms with Crippen LogP contribution in [0.15, 0.2) is 42.6 Å². The minimum absolute atomic E-state index is 0.0767. The lowest BCUT2D eigenvalue weighted by atomic mass is 10.1. The van der Waals surface area contributed by atoms with Gasteiger partial charge in [-0.3, -0.25) is 4.79 Å². The maximum absolute atomic E-state index is 11.1. The van der Waals surface area contributed by atoms with Gasteiger partial charge in [-0.05, 0) is 25.1 Å². The summed E-state index contributed by atoms with van der Waals surface area (Å²) in [5.74, 6) is 0.595. The number of hydrogen-bond acceptors (Lipinski definition) is 6. The van der Waals surface area contributed by atoms with E-state index >= 15 is 0 Å². The Morgan fingerprint density at radius 2 is 2.00 bits per heavy atom. The molecule has 0 bridgehead atoms. The maximum atomic E-state index is 11.1. The molecule has 0 saturated carbocycles. The maximum Gasteiger partial charge on any atom is 0.302 e. The first-order valence-corrected chi connectivity index (χ1v) is 8.08. The van der Waals surface area contributed by atoms with Gasteiger partial charge in [-0.15, -0.1) is 0 Å². The molecule has 0 unspecified atom stereocenters. The quantitative estimate of drug-likeness (QED) is 0.710. The lowest BCUT2D eigenvalue weighted by molar-refractivity contribution is -0.142. The van der Waals surface area contributed by atoms with Gasteiger partial charge in [0.2, 0.25) is 5.88 Å². The van der Waals surface area contributed by atoms with Crippen LogP contribution in [0.1, 0.15) is 18.1 Å². The summed E-state index contributed by atoms with van der Waals surface area (Å²) < 4.78 is 12.0. The number of aromatic nitrogens is 3. The zero-order chi connectivity index (χ0) is 18.7. The second-order valence-electron chi connectivity index (χ2n) is 5.78. The molecule has 3 aromatic rings. The molecule has 3 rings (SSSR count). The Kier molecular flexibility index (Phi) is 4.88. The Hall–Kier alpha value is -3.35. The highest BCUT2D eigenvalue weighted by Gasteiger charge is 2.17. The number of hydrogen-bond donors (Lipinski definition) is 1. The van der Waals surface area contributed by atoms with Crippen LogP contribution >= 0.6 is 0 Å². The summed E-state index contributed by atoms with van der Waals surface area (Å²) in [5, 5.41) is 4.64. The Labute approximate surface area is 151 Å². The van der Waals surface area contributed by atoms with Crippen LogP contribution in [0.2, 0.25) is 0 Å². The van der Waals surface area contributed by atoms with E-state index in [4.69, 9.17) is 15.2 Å². The number of carbonyl (C=O) groups excluding carboxylic acids is 1. The van der Waals surface area contributed by atoms with Crippen molar-refractivity contribution in [1.82, 2.24) is 14.8 Å². The lowest BCUT2D eigenvalue weighted by Crippen LogP contribution is -2.03. The van der Waals surface area contributed by atoms with Crippen molar-refractivity contribution >= 4 is 11.8 Å². The zero-order valence-electron chi connectivity index (χ0n) is 14.9. The molecular weight excluding hydrogens is 332 g/mol. The SMILES string of the molecule is COc1ncc(-c2nn(-c3ccccc3)c(N)c2C)cc1COC(C)=O. The van der Waals surface area contributed by atoms with Crippen LogP contribution < -0.4 is 10.5 Å². The molecule has 26 heavy (non-hydrogen) atoms. The van der Waals surface area contributed by atoms with E-state index in [0.29, 0.717) is 23.0 Å². The highest BCUT2D eigenvalue weighted by Crippen LogP contribution is 2.30. The van der Waals surface area contributed by atoms with Crippen molar-refractivity contribution in [3.05, 3.63) is 53.7 Å². The molecule has 2 aromatic heterocycles. The van der Waals surface area contributed by atoms with E-state index in [9.17, 15) is 4.79 Å². The molecule has 0 amide bonds. The lowest BCUT2D eigenvalue weighted by Gasteiger charge is -2.09. The third kappa shape index (κ3) is 3.37. The molecule has 0 aliphatic carbocycles. The number of para-hydroxylation sites is 1. The molecule has 0 atom stereocenters. The standard InChI is InChI=1S/C19H20N4O3/c1-12-17(22-23(18(12)20)16-7-5-4-6-8-16)14-9-15(11-26-13(2)24)19(25-3)21-10-14/h4-10H,11,20H2,1-3H3. The van der Waals surface area contributed by atoms with E-state index < -0.39 is 0 Å². The Bertz CT molecular complexity index is 935. The molecule has 134 valence electrons. The van der Waals surface area contributed by atoms with Gasteiger partial charge in [0.25, 0.3) is 0 Å². The van der Waals surface area contributed by atoms with Crippen LogP contribution in [0.3, 0.4) is 0 Å². The van der Waals surface area contributed by atoms with Gasteiger partial charge < -0.3 is 15.2 Å². The predicted molar refractivity (Wildman–Crippen MR) is 98.0 cm³/mol. The third-order valence-electron chi connectivity index (χ3n) is 3.99. The molecule has 1 aromatic carbocycles. The molecule has 7 heteroatoms. The number of pyridine rings is 1. The number of nitrogens with zero attached hydrogens (tertiary/aromatic N) is 3. The van der Waals surface area contributed by atoms with E-state index in [1.54, 1.807) is 10.9 Å². The zero-order valence-corrected chi connectivity index (χ0v) is 14.9. The first-order chi connectivity index (χ1) is 12.5. The van der Waals surface area contributed by atoms with Crippen molar-refractivity contribution < 1.29 is 14.3 Å². The first-order valence-electron chi connectivity index (χ1n) is 8.08. The topological polar surface area (TPSA) is 92.3 Å². The summed E-state index contributed by atoms with van der Waals surface area (Å²) in [6, 6.07) is 11.5. The normalized spacial score (nSPS) is 10.6. The molecule has 2 heterocycles. The largest absolute Gasteiger partial charge is 0.481 e. The molecular formula is C19H20N4O3. The van der Waals surface area contributed by atoms with Gasteiger partial charge in [-0.1, -0.05) is 18.2 Å². The highest BCUT2D eigenvalue weighted by molar-refractivity contribution is 5.70. The van der Waals surface area contributed by atoms with Gasteiger partial charge in [0, 0.05) is 24.2 Å². The summed E-state index contributed by atoms with van der Waals surface area (Å²) in [5.41, 5.74) is 10.1. The van der Waals surface area contributed by atoms with Crippen LogP contribution in [0.25, 0.3) is 16.9 Å². The summed E-state index contributed by atoms with van der Waals surface area (Å²) in [6.07, 6.45) is 1.67. The molecule has 0 radical (unpaired) electrons. The van der Waals surface area contributed by atoms with E-state index in [2.05, 4.69) is 10.1 Å². The van der Waals surface area contributed by atoms with E-state index in [-0.39, 0.29) is 12.6 Å². The van der Waals surface area contributed by atoms with Gasteiger partial charge in [0.1, 0.15) is 12.4 Å². The fourth-order valence-corrected chi connectivity index (χ4v) is 2.64. The second kappa shape index (κ2) is 7.26. The van der Waals surface area contributed by atoms with Crippen molar-refractivity contribution in [2.24, 2.45) is 0 Å². The number of ether oxygens (including phenoxy) is 2. The van der Waals surface area contributed by atoms with Gasteiger partial charge in [0.15, 0.2) is 0 Å². The average molecular weight is 352 g/mol. The number of nitrogens with two attached hydrogens (primary N) is 1. The van der Waals surface area contributed by atoms with Crippen molar-refractivity contribution in [2.75, 3.05) is 12.8 Å². The Morgan fingerprint density at radius 3 is 2.65 bits per heavy atom. The fourth-order valence-electron chi connectivity index (χ4n) is 2.64. The summed E-state index contributed by atoms with van der Waals surface area (Å²) >= 11 is 0. The number of esters is 1. The van der Waals surface area contributed by atoms with Crippen molar-refractivity contribution in [3.63, 3.8) is 0 Å². The molecule has 0 aliphatic heterocycles. The second-order valence-corrected chi connectivity index (χ2v) is 5.78. The number of methoxy groups -OCH3 is 1. The van der Waals surface area contributed by atoms with Crippen molar-refractivity contribution in [3.8, 4) is 22.8 Å². The molecule has 0 saturated heterocycles. The molecule has 7 nitrogen and oxygen atoms in total. The number of carbonyl (C=O) groups is 1. The fraction of sp³-hybridized carbons (Fsp3) is 0.211. The van der Waals surface area contributed by atoms with Crippen LogP contribution in [0, 0.1) is 6.92 Å². The summed E-state index contributed by atoms with van der Waals surface area (Å²) in [6.45, 7) is 3.34. The first kappa shape index (κ1) is 17.5. The minimum atomic E-state index is -0.369. The van der Waals surface area contributed by atoms with E-state index in [1.807, 2.05) is 43.3 Å². The molecule has 0 fully saturated rings. The molecule has 2 N–H and O–H groups in total. The Balaban J connectivity index is 2.04.